The number of halogens is 1. The summed E-state index contributed by atoms with van der Waals surface area (Å²) in [5, 5.41) is 0.935. The number of benzene rings is 1. The van der Waals surface area contributed by atoms with E-state index in [0.717, 1.165) is 16.8 Å². The molecule has 0 unspecified atom stereocenters. The Hall–Kier alpha value is 0.309. The van der Waals surface area contributed by atoms with Gasteiger partial charge in [-0.3, -0.25) is 0 Å². The van der Waals surface area contributed by atoms with Crippen LogP contribution < -0.4 is 3.58 Å². The van der Waals surface area contributed by atoms with Gasteiger partial charge in [-0.05, 0) is 0 Å². The van der Waals surface area contributed by atoms with Crippen LogP contribution in [0, 0.1) is 0 Å². The summed E-state index contributed by atoms with van der Waals surface area (Å²) < 4.78 is 5.22. The van der Waals surface area contributed by atoms with E-state index < -0.39 is 18.4 Å². The Morgan fingerprint density at radius 1 is 0.538 bits per heavy atom. The van der Waals surface area contributed by atoms with Gasteiger partial charge in [-0.25, -0.2) is 0 Å². The molecular weight excluding hydrogens is 442 g/mol. The van der Waals surface area contributed by atoms with Crippen LogP contribution in [0.1, 0.15) is 96.3 Å². The summed E-state index contributed by atoms with van der Waals surface area (Å²) in [6.07, 6.45) is 22.9. The van der Waals surface area contributed by atoms with Crippen molar-refractivity contribution in [2.45, 2.75) is 108 Å². The predicted octanol–water partition coefficient (Wildman–Crippen LogP) is 8.00. The van der Waals surface area contributed by atoms with E-state index in [9.17, 15) is 0 Å². The zero-order valence-corrected chi connectivity index (χ0v) is 20.1. The topological polar surface area (TPSA) is 0 Å². The third-order valence-corrected chi connectivity index (χ3v) is 28.8. The van der Waals surface area contributed by atoms with E-state index in [4.69, 9.17) is 11.6 Å². The summed E-state index contributed by atoms with van der Waals surface area (Å²) in [5.41, 5.74) is 0. The first-order valence-corrected chi connectivity index (χ1v) is 18.3. The van der Waals surface area contributed by atoms with Crippen LogP contribution in [0.2, 0.25) is 16.8 Å². The normalized spacial score (nSPS) is 24.7. The number of hydrogen-bond acceptors (Lipinski definition) is 0. The number of rotatable bonds is 4. The molecule has 26 heavy (non-hydrogen) atoms. The van der Waals surface area contributed by atoms with Gasteiger partial charge in [0.1, 0.15) is 0 Å². The van der Waals surface area contributed by atoms with Crippen molar-refractivity contribution in [2.75, 3.05) is 0 Å². The van der Waals surface area contributed by atoms with E-state index in [1.807, 2.05) is 3.58 Å². The summed E-state index contributed by atoms with van der Waals surface area (Å²) >= 11 is 3.77. The first-order chi connectivity index (χ1) is 12.8. The van der Waals surface area contributed by atoms with Crippen LogP contribution in [0.3, 0.4) is 0 Å². The molecule has 0 bridgehead atoms. The van der Waals surface area contributed by atoms with E-state index in [2.05, 4.69) is 24.3 Å². The van der Waals surface area contributed by atoms with Crippen LogP contribution in [0.25, 0.3) is 0 Å². The van der Waals surface area contributed by atoms with E-state index in [-0.39, 0.29) is 0 Å². The van der Waals surface area contributed by atoms with Crippen molar-refractivity contribution < 1.29 is 0 Å². The Morgan fingerprint density at radius 3 is 1.23 bits per heavy atom. The van der Waals surface area contributed by atoms with Crippen molar-refractivity contribution in [3.05, 3.63) is 29.3 Å². The van der Waals surface area contributed by atoms with E-state index in [0.29, 0.717) is 0 Å². The van der Waals surface area contributed by atoms with E-state index in [1.165, 1.54) is 57.8 Å². The van der Waals surface area contributed by atoms with E-state index >= 15 is 0 Å². The van der Waals surface area contributed by atoms with Crippen molar-refractivity contribution in [1.82, 2.24) is 0 Å². The van der Waals surface area contributed by atoms with Crippen LogP contribution in [0.15, 0.2) is 24.3 Å². The van der Waals surface area contributed by atoms with Gasteiger partial charge in [0.15, 0.2) is 0 Å². The second-order valence-electron chi connectivity index (χ2n) is 9.44. The Labute approximate surface area is 170 Å². The quantitative estimate of drug-likeness (QED) is 0.384. The maximum atomic E-state index is 6.34. The van der Waals surface area contributed by atoms with Gasteiger partial charge >= 0.3 is 171 Å². The van der Waals surface area contributed by atoms with Gasteiger partial charge in [-0.1, -0.05) is 0 Å². The molecule has 2 heteroatoms. The molecule has 3 aliphatic carbocycles. The predicted molar refractivity (Wildman–Crippen MR) is 117 cm³/mol. The maximum absolute atomic E-state index is 6.34. The van der Waals surface area contributed by atoms with Crippen LogP contribution in [0.5, 0.6) is 0 Å². The number of hydrogen-bond donors (Lipinski definition) is 0. The van der Waals surface area contributed by atoms with Crippen molar-refractivity contribution >= 4 is 33.6 Å². The molecule has 0 amide bonds. The van der Waals surface area contributed by atoms with Crippen molar-refractivity contribution in [3.63, 3.8) is 0 Å². The minimum atomic E-state index is -2.57. The van der Waals surface area contributed by atoms with Crippen molar-refractivity contribution in [1.29, 1.82) is 0 Å². The molecule has 0 heterocycles. The molecule has 1 aromatic rings. The summed E-state index contributed by atoms with van der Waals surface area (Å²) in [7, 11) is 0. The second-order valence-corrected chi connectivity index (χ2v) is 23.8. The molecule has 3 aliphatic rings. The first-order valence-electron chi connectivity index (χ1n) is 11.6. The Bertz CT molecular complexity index is 503. The zero-order chi connectivity index (χ0) is 17.8. The molecule has 0 spiro atoms. The van der Waals surface area contributed by atoms with E-state index in [1.54, 1.807) is 38.5 Å². The SMILES string of the molecule is Clc1cc[c]([Sn]([CH]2CCCCC2)([CH]2CCCCC2)[CH]2CCCCC2)cc1. The van der Waals surface area contributed by atoms with Crippen molar-refractivity contribution in [3.8, 4) is 0 Å². The van der Waals surface area contributed by atoms with Gasteiger partial charge in [-0.2, -0.15) is 0 Å². The molecule has 0 saturated heterocycles. The molecule has 0 atom stereocenters. The monoisotopic (exact) mass is 480 g/mol. The molecule has 3 saturated carbocycles. The molecule has 4 rings (SSSR count). The van der Waals surface area contributed by atoms with Crippen LogP contribution in [-0.4, -0.2) is 18.4 Å². The third kappa shape index (κ3) is 3.88. The van der Waals surface area contributed by atoms with Gasteiger partial charge in [0, 0.05) is 0 Å². The fourth-order valence-corrected chi connectivity index (χ4v) is 30.9. The molecule has 144 valence electrons. The summed E-state index contributed by atoms with van der Waals surface area (Å²) in [4.78, 5) is 0. The fourth-order valence-electron chi connectivity index (χ4n) is 7.19. The van der Waals surface area contributed by atoms with Gasteiger partial charge in [0.25, 0.3) is 0 Å². The standard InChI is InChI=1S/C6H4Cl.3C6H11.Sn/c7-6-4-2-1-3-5-6;3*1-2-4-6-5-3-1;/h2-5H;3*1H,2-6H2;. The van der Waals surface area contributed by atoms with Crippen LogP contribution in [0.4, 0.5) is 0 Å². The Balaban J connectivity index is 1.80. The molecule has 3 fully saturated rings. The molecule has 0 nitrogen and oxygen atoms in total. The van der Waals surface area contributed by atoms with Gasteiger partial charge in [-0.15, -0.1) is 0 Å². The molecule has 0 radical (unpaired) electrons. The molecule has 0 aliphatic heterocycles. The summed E-state index contributed by atoms with van der Waals surface area (Å²) in [6, 6.07) is 9.51. The fraction of sp³-hybridized carbons (Fsp3) is 0.750. The molecular formula is C24H37ClSn. The average molecular weight is 480 g/mol. The van der Waals surface area contributed by atoms with Crippen LogP contribution >= 0.6 is 11.6 Å². The first kappa shape index (κ1) is 19.6. The zero-order valence-electron chi connectivity index (χ0n) is 16.5. The minimum absolute atomic E-state index is 0.935. The molecule has 0 N–H and O–H groups in total. The van der Waals surface area contributed by atoms with Gasteiger partial charge in [0.05, 0.1) is 0 Å². The average Bonchev–Trinajstić information content (AvgIpc) is 2.72. The van der Waals surface area contributed by atoms with Gasteiger partial charge < -0.3 is 0 Å². The second kappa shape index (κ2) is 9.20. The summed E-state index contributed by atoms with van der Waals surface area (Å²) in [6.45, 7) is 0. The third-order valence-electron chi connectivity index (χ3n) is 8.19. The van der Waals surface area contributed by atoms with Crippen LogP contribution in [-0.2, 0) is 0 Å². The van der Waals surface area contributed by atoms with Gasteiger partial charge in [0.2, 0.25) is 0 Å². The summed E-state index contributed by atoms with van der Waals surface area (Å²) in [5.74, 6) is 0. The Morgan fingerprint density at radius 2 is 0.885 bits per heavy atom. The molecule has 1 aromatic carbocycles. The molecule has 0 aromatic heterocycles. The van der Waals surface area contributed by atoms with Crippen molar-refractivity contribution in [2.24, 2.45) is 0 Å². The Kier molecular flexibility index (Phi) is 6.94.